The predicted molar refractivity (Wildman–Crippen MR) is 272 cm³/mol. The van der Waals surface area contributed by atoms with Crippen LogP contribution >= 0.6 is 11.3 Å². The van der Waals surface area contributed by atoms with Crippen molar-refractivity contribution in [3.05, 3.63) is 265 Å². The molecule has 306 valence electrons. The van der Waals surface area contributed by atoms with E-state index in [4.69, 9.17) is 4.74 Å². The second-order valence-electron chi connectivity index (χ2n) is 16.8. The molecular formula is C61H40N2OS. The van der Waals surface area contributed by atoms with Crippen LogP contribution in [0.3, 0.4) is 0 Å². The van der Waals surface area contributed by atoms with Crippen LogP contribution in [-0.4, -0.2) is 0 Å². The Bertz CT molecular complexity index is 3510. The smallest absolute Gasteiger partial charge is 0.132 e. The van der Waals surface area contributed by atoms with Crippen molar-refractivity contribution in [3.63, 3.8) is 0 Å². The van der Waals surface area contributed by atoms with Gasteiger partial charge in [-0.2, -0.15) is 0 Å². The third-order valence-corrected chi connectivity index (χ3v) is 14.4. The van der Waals surface area contributed by atoms with Gasteiger partial charge in [0.05, 0.1) is 11.1 Å². The van der Waals surface area contributed by atoms with Gasteiger partial charge in [0.2, 0.25) is 0 Å². The summed E-state index contributed by atoms with van der Waals surface area (Å²) in [6.45, 7) is 0. The molecule has 2 heterocycles. The SMILES string of the molecule is c1ccc(N(c2ccccc2)c2cccc(-c3ccc4sc5ccccc5c4c3N(c3ccccc3)c3ccc4c(c3)C3(c5ccccc5O4)c4ccccc4-c4ccccc43)c2)cc1. The number of benzene rings is 10. The molecule has 0 N–H and O–H groups in total. The molecule has 0 amide bonds. The zero-order chi connectivity index (χ0) is 42.9. The van der Waals surface area contributed by atoms with E-state index < -0.39 is 5.41 Å². The summed E-state index contributed by atoms with van der Waals surface area (Å²) in [7, 11) is 0. The fourth-order valence-electron chi connectivity index (χ4n) is 10.6. The second-order valence-corrected chi connectivity index (χ2v) is 17.9. The maximum Gasteiger partial charge on any atom is 0.132 e. The van der Waals surface area contributed by atoms with Crippen molar-refractivity contribution in [2.24, 2.45) is 0 Å². The van der Waals surface area contributed by atoms with E-state index in [2.05, 4.69) is 252 Å². The minimum absolute atomic E-state index is 0.605. The van der Waals surface area contributed by atoms with E-state index >= 15 is 0 Å². The normalized spacial score (nSPS) is 12.9. The van der Waals surface area contributed by atoms with Crippen molar-refractivity contribution in [3.8, 4) is 33.8 Å². The van der Waals surface area contributed by atoms with Gasteiger partial charge in [-0.15, -0.1) is 11.3 Å². The van der Waals surface area contributed by atoms with Crippen LogP contribution in [0.15, 0.2) is 243 Å². The first-order valence-electron chi connectivity index (χ1n) is 22.2. The largest absolute Gasteiger partial charge is 0.457 e. The van der Waals surface area contributed by atoms with Crippen LogP contribution in [0.1, 0.15) is 22.3 Å². The van der Waals surface area contributed by atoms with E-state index in [1.165, 1.54) is 42.4 Å². The maximum atomic E-state index is 6.94. The molecule has 11 aromatic rings. The van der Waals surface area contributed by atoms with Gasteiger partial charge in [0.1, 0.15) is 11.5 Å². The van der Waals surface area contributed by atoms with Crippen molar-refractivity contribution in [2.75, 3.05) is 9.80 Å². The summed E-state index contributed by atoms with van der Waals surface area (Å²) < 4.78 is 9.43. The molecular weight excluding hydrogens is 809 g/mol. The van der Waals surface area contributed by atoms with Gasteiger partial charge in [-0.05, 0) is 113 Å². The van der Waals surface area contributed by atoms with Crippen molar-refractivity contribution < 1.29 is 4.74 Å². The summed E-state index contributed by atoms with van der Waals surface area (Å²) >= 11 is 1.85. The molecule has 1 aliphatic heterocycles. The number of ether oxygens (including phenoxy) is 1. The molecule has 0 saturated carbocycles. The summed E-state index contributed by atoms with van der Waals surface area (Å²) in [6, 6.07) is 88.1. The molecule has 0 fully saturated rings. The Labute approximate surface area is 382 Å². The quantitative estimate of drug-likeness (QED) is 0.159. The Morgan fingerprint density at radius 2 is 0.877 bits per heavy atom. The minimum atomic E-state index is -0.605. The predicted octanol–water partition coefficient (Wildman–Crippen LogP) is 17.1. The van der Waals surface area contributed by atoms with Gasteiger partial charge in [-0.25, -0.2) is 0 Å². The summed E-state index contributed by atoms with van der Waals surface area (Å²) in [5.74, 6) is 1.75. The van der Waals surface area contributed by atoms with E-state index in [9.17, 15) is 0 Å². The lowest BCUT2D eigenvalue weighted by Crippen LogP contribution is -2.32. The van der Waals surface area contributed by atoms with Crippen LogP contribution in [0.2, 0.25) is 0 Å². The van der Waals surface area contributed by atoms with Gasteiger partial charge in [-0.1, -0.05) is 158 Å². The molecule has 0 unspecified atom stereocenters. The van der Waals surface area contributed by atoms with Crippen LogP contribution in [0.4, 0.5) is 34.1 Å². The van der Waals surface area contributed by atoms with Crippen molar-refractivity contribution >= 4 is 65.6 Å². The van der Waals surface area contributed by atoms with Gasteiger partial charge in [0.15, 0.2) is 0 Å². The molecule has 0 saturated heterocycles. The highest BCUT2D eigenvalue weighted by Gasteiger charge is 2.51. The van der Waals surface area contributed by atoms with Crippen LogP contribution in [0.5, 0.6) is 11.5 Å². The molecule has 1 spiro atoms. The van der Waals surface area contributed by atoms with E-state index in [0.717, 1.165) is 67.9 Å². The maximum absolute atomic E-state index is 6.94. The highest BCUT2D eigenvalue weighted by molar-refractivity contribution is 7.26. The Hall–Kier alpha value is -8.18. The lowest BCUT2D eigenvalue weighted by molar-refractivity contribution is 0.436. The fourth-order valence-corrected chi connectivity index (χ4v) is 11.8. The minimum Gasteiger partial charge on any atom is -0.457 e. The third kappa shape index (κ3) is 5.74. The number of anilines is 6. The van der Waals surface area contributed by atoms with Gasteiger partial charge < -0.3 is 14.5 Å². The average Bonchev–Trinajstić information content (AvgIpc) is 3.90. The number of rotatable bonds is 7. The number of thiophene rings is 1. The highest BCUT2D eigenvalue weighted by atomic mass is 32.1. The van der Waals surface area contributed by atoms with E-state index in [1.54, 1.807) is 0 Å². The van der Waals surface area contributed by atoms with Crippen molar-refractivity contribution in [2.45, 2.75) is 5.41 Å². The fraction of sp³-hybridized carbons (Fsp3) is 0.0164. The van der Waals surface area contributed by atoms with Crippen LogP contribution in [0, 0.1) is 0 Å². The lowest BCUT2D eigenvalue weighted by Gasteiger charge is -2.40. The molecule has 0 bridgehead atoms. The van der Waals surface area contributed by atoms with Gasteiger partial charge in [-0.3, -0.25) is 0 Å². The number of para-hydroxylation sites is 4. The third-order valence-electron chi connectivity index (χ3n) is 13.3. The first-order valence-corrected chi connectivity index (χ1v) is 23.0. The van der Waals surface area contributed by atoms with Crippen molar-refractivity contribution in [1.29, 1.82) is 0 Å². The first kappa shape index (κ1) is 37.4. The van der Waals surface area contributed by atoms with Gasteiger partial charge in [0, 0.05) is 65.3 Å². The molecule has 1 aromatic heterocycles. The molecule has 2 aliphatic rings. The molecule has 1 aliphatic carbocycles. The highest BCUT2D eigenvalue weighted by Crippen LogP contribution is 2.63. The van der Waals surface area contributed by atoms with Crippen LogP contribution < -0.4 is 14.5 Å². The zero-order valence-corrected chi connectivity index (χ0v) is 36.1. The summed E-state index contributed by atoms with van der Waals surface area (Å²) in [5.41, 5.74) is 15.5. The summed E-state index contributed by atoms with van der Waals surface area (Å²) in [4.78, 5) is 4.84. The van der Waals surface area contributed by atoms with E-state index in [1.807, 2.05) is 11.3 Å². The molecule has 3 nitrogen and oxygen atoms in total. The second kappa shape index (κ2) is 15.0. The number of nitrogens with zero attached hydrogens (tertiary/aromatic N) is 2. The Balaban J connectivity index is 1.10. The monoisotopic (exact) mass is 848 g/mol. The summed E-state index contributed by atoms with van der Waals surface area (Å²) in [6.07, 6.45) is 0. The first-order chi connectivity index (χ1) is 32.3. The molecule has 13 rings (SSSR count). The molecule has 0 radical (unpaired) electrons. The van der Waals surface area contributed by atoms with Crippen LogP contribution in [0.25, 0.3) is 42.4 Å². The van der Waals surface area contributed by atoms with Gasteiger partial charge >= 0.3 is 0 Å². The Morgan fingerprint density at radius 1 is 0.338 bits per heavy atom. The molecule has 0 atom stereocenters. The topological polar surface area (TPSA) is 15.7 Å². The van der Waals surface area contributed by atoms with Crippen molar-refractivity contribution in [1.82, 2.24) is 0 Å². The van der Waals surface area contributed by atoms with E-state index in [0.29, 0.717) is 0 Å². The average molecular weight is 849 g/mol. The van der Waals surface area contributed by atoms with E-state index in [-0.39, 0.29) is 0 Å². The number of fused-ring (bicyclic) bond motifs is 12. The molecule has 4 heteroatoms. The zero-order valence-electron chi connectivity index (χ0n) is 35.3. The number of hydrogen-bond donors (Lipinski definition) is 0. The Kier molecular flexibility index (Phi) is 8.62. The van der Waals surface area contributed by atoms with Gasteiger partial charge in [0.25, 0.3) is 0 Å². The lowest BCUT2D eigenvalue weighted by atomic mass is 9.66. The Morgan fingerprint density at radius 3 is 1.57 bits per heavy atom. The summed E-state index contributed by atoms with van der Waals surface area (Å²) in [5, 5.41) is 2.47. The molecule has 10 aromatic carbocycles. The van der Waals surface area contributed by atoms with Crippen LogP contribution in [-0.2, 0) is 5.41 Å². The number of hydrogen-bond acceptors (Lipinski definition) is 4. The molecule has 65 heavy (non-hydrogen) atoms. The standard InChI is InChI=1S/C61H40N2OS/c1-4-20-42(21-5-1)62(43-22-6-2-7-23-43)45-26-18-19-41(39-45)47-36-38-58-59(50-29-12-17-34-57(50)65-58)60(47)63(44-24-8-3-9-25-44)46-35-37-56-54(40-46)61(53-32-15-16-33-55(53)64-56)51-30-13-10-27-48(51)49-28-11-14-31-52(49)61/h1-40H.